The summed E-state index contributed by atoms with van der Waals surface area (Å²) in [6.45, 7) is 8.95. The molecular weight excluding hydrogens is 272 g/mol. The number of aliphatic hydroxyl groups excluding tert-OH is 1. The van der Waals surface area contributed by atoms with Crippen molar-refractivity contribution in [2.24, 2.45) is 16.7 Å². The maximum Gasteiger partial charge on any atom is 0.0931 e. The molecule has 0 spiro atoms. The van der Waals surface area contributed by atoms with Crippen LogP contribution in [0, 0.1) is 16.7 Å². The molecule has 1 nitrogen and oxygen atoms in total. The second-order valence-corrected chi connectivity index (χ2v) is 7.30. The molecule has 0 aliphatic heterocycles. The Kier molecular flexibility index (Phi) is 2.57. The number of hydrogen-bond acceptors (Lipinski definition) is 2. The van der Waals surface area contributed by atoms with Gasteiger partial charge in [-0.3, -0.25) is 0 Å². The molecule has 1 unspecified atom stereocenters. The summed E-state index contributed by atoms with van der Waals surface area (Å²) in [5.74, 6) is 0.361. The molecule has 1 saturated carbocycles. The van der Waals surface area contributed by atoms with Gasteiger partial charge in [-0.05, 0) is 38.2 Å². The first-order valence-corrected chi connectivity index (χ1v) is 6.88. The van der Waals surface area contributed by atoms with E-state index in [1.807, 2.05) is 11.4 Å². The van der Waals surface area contributed by atoms with Crippen LogP contribution >= 0.6 is 27.3 Å². The highest BCUT2D eigenvalue weighted by molar-refractivity contribution is 9.10. The zero-order valence-electron chi connectivity index (χ0n) is 9.54. The molecule has 1 fully saturated rings. The van der Waals surface area contributed by atoms with Gasteiger partial charge in [-0.15, -0.1) is 11.3 Å². The van der Waals surface area contributed by atoms with E-state index < -0.39 is 0 Å². The van der Waals surface area contributed by atoms with Gasteiger partial charge in [-0.2, -0.15) is 0 Å². The Morgan fingerprint density at radius 3 is 2.20 bits per heavy atom. The van der Waals surface area contributed by atoms with Crippen LogP contribution < -0.4 is 0 Å². The lowest BCUT2D eigenvalue weighted by molar-refractivity contribution is 0.133. The number of halogens is 1. The summed E-state index contributed by atoms with van der Waals surface area (Å²) in [5, 5.41) is 12.4. The van der Waals surface area contributed by atoms with Crippen LogP contribution in [0.4, 0.5) is 0 Å². The minimum atomic E-state index is -0.329. The van der Waals surface area contributed by atoms with Gasteiger partial charge in [0.1, 0.15) is 0 Å². The van der Waals surface area contributed by atoms with Crippen molar-refractivity contribution in [2.45, 2.75) is 33.8 Å². The summed E-state index contributed by atoms with van der Waals surface area (Å²) in [4.78, 5) is 1.07. The number of thiophene rings is 1. The van der Waals surface area contributed by atoms with Crippen LogP contribution in [0.3, 0.4) is 0 Å². The molecule has 84 valence electrons. The summed E-state index contributed by atoms with van der Waals surface area (Å²) >= 11 is 5.12. The van der Waals surface area contributed by atoms with E-state index in [0.29, 0.717) is 5.92 Å². The zero-order valence-corrected chi connectivity index (χ0v) is 11.9. The molecule has 1 aromatic heterocycles. The van der Waals surface area contributed by atoms with Crippen molar-refractivity contribution in [1.82, 2.24) is 0 Å². The second-order valence-electron chi connectivity index (χ2n) is 5.50. The van der Waals surface area contributed by atoms with Crippen LogP contribution in [-0.4, -0.2) is 5.11 Å². The number of aliphatic hydroxyl groups is 1. The Balaban J connectivity index is 2.26. The van der Waals surface area contributed by atoms with Crippen LogP contribution in [-0.2, 0) is 0 Å². The van der Waals surface area contributed by atoms with E-state index in [-0.39, 0.29) is 16.9 Å². The lowest BCUT2D eigenvalue weighted by atomic mass is 10.0. The fourth-order valence-electron chi connectivity index (χ4n) is 2.70. The van der Waals surface area contributed by atoms with E-state index >= 15 is 0 Å². The van der Waals surface area contributed by atoms with E-state index in [4.69, 9.17) is 0 Å². The molecule has 0 bridgehead atoms. The third-order valence-electron chi connectivity index (χ3n) is 4.36. The smallest absolute Gasteiger partial charge is 0.0931 e. The van der Waals surface area contributed by atoms with Gasteiger partial charge in [0.15, 0.2) is 0 Å². The van der Waals surface area contributed by atoms with Crippen molar-refractivity contribution in [2.75, 3.05) is 0 Å². The van der Waals surface area contributed by atoms with Crippen molar-refractivity contribution in [1.29, 1.82) is 0 Å². The van der Waals surface area contributed by atoms with Gasteiger partial charge >= 0.3 is 0 Å². The fraction of sp³-hybridized carbons (Fsp3) is 0.667. The molecule has 1 aromatic rings. The van der Waals surface area contributed by atoms with Gasteiger partial charge in [-0.1, -0.05) is 27.7 Å². The molecule has 0 aromatic carbocycles. The van der Waals surface area contributed by atoms with Gasteiger partial charge in [0.25, 0.3) is 0 Å². The topological polar surface area (TPSA) is 20.2 Å². The Morgan fingerprint density at radius 1 is 1.33 bits per heavy atom. The van der Waals surface area contributed by atoms with Gasteiger partial charge in [0, 0.05) is 15.3 Å². The zero-order chi connectivity index (χ0) is 11.4. The lowest BCUT2D eigenvalue weighted by Crippen LogP contribution is -2.04. The van der Waals surface area contributed by atoms with Crippen LogP contribution in [0.25, 0.3) is 0 Å². The average molecular weight is 289 g/mol. The molecule has 0 radical (unpaired) electrons. The molecule has 2 rings (SSSR count). The van der Waals surface area contributed by atoms with Crippen molar-refractivity contribution in [3.05, 3.63) is 20.8 Å². The maximum absolute atomic E-state index is 10.4. The van der Waals surface area contributed by atoms with E-state index in [1.165, 1.54) is 0 Å². The van der Waals surface area contributed by atoms with E-state index in [0.717, 1.165) is 9.35 Å². The predicted molar refractivity (Wildman–Crippen MR) is 68.0 cm³/mol. The Morgan fingerprint density at radius 2 is 1.87 bits per heavy atom. The Bertz CT molecular complexity index is 367. The second kappa shape index (κ2) is 3.31. The first kappa shape index (κ1) is 11.6. The van der Waals surface area contributed by atoms with E-state index in [1.54, 1.807) is 11.3 Å². The SMILES string of the molecule is CC1(C)C(C(O)c2sccc2Br)C1(C)C. The van der Waals surface area contributed by atoms with Gasteiger partial charge in [-0.25, -0.2) is 0 Å². The molecule has 0 saturated heterocycles. The Labute approximate surface area is 104 Å². The molecule has 15 heavy (non-hydrogen) atoms. The standard InChI is InChI=1S/C12H17BrOS/c1-11(2)10(12(11,3)4)8(14)9-7(13)5-6-15-9/h5-6,8,10,14H,1-4H3. The Hall–Kier alpha value is 0.140. The minimum absolute atomic E-state index is 0.232. The molecule has 3 heteroatoms. The summed E-state index contributed by atoms with van der Waals surface area (Å²) in [5.41, 5.74) is 0.464. The number of hydrogen-bond donors (Lipinski definition) is 1. The van der Waals surface area contributed by atoms with Crippen LogP contribution in [0.15, 0.2) is 15.9 Å². The van der Waals surface area contributed by atoms with Gasteiger partial charge in [0.05, 0.1) is 6.10 Å². The molecule has 1 aliphatic rings. The van der Waals surface area contributed by atoms with Gasteiger partial charge < -0.3 is 5.11 Å². The van der Waals surface area contributed by atoms with Crippen LogP contribution in [0.2, 0.25) is 0 Å². The largest absolute Gasteiger partial charge is 0.387 e. The first-order chi connectivity index (χ1) is 6.80. The summed E-state index contributed by atoms with van der Waals surface area (Å²) in [7, 11) is 0. The summed E-state index contributed by atoms with van der Waals surface area (Å²) in [6, 6.07) is 2.01. The highest BCUT2D eigenvalue weighted by Crippen LogP contribution is 2.72. The molecule has 1 heterocycles. The monoisotopic (exact) mass is 288 g/mol. The number of rotatable bonds is 2. The lowest BCUT2D eigenvalue weighted by Gasteiger charge is -2.11. The van der Waals surface area contributed by atoms with Crippen molar-refractivity contribution in [3.8, 4) is 0 Å². The average Bonchev–Trinajstić information content (AvgIpc) is 2.48. The van der Waals surface area contributed by atoms with Crippen molar-refractivity contribution < 1.29 is 5.11 Å². The summed E-state index contributed by atoms with van der Waals surface area (Å²) < 4.78 is 1.04. The third kappa shape index (κ3) is 1.51. The predicted octanol–water partition coefficient (Wildman–Crippen LogP) is 4.23. The van der Waals surface area contributed by atoms with E-state index in [9.17, 15) is 5.11 Å². The van der Waals surface area contributed by atoms with Crippen LogP contribution in [0.5, 0.6) is 0 Å². The minimum Gasteiger partial charge on any atom is -0.387 e. The van der Waals surface area contributed by atoms with Crippen LogP contribution in [0.1, 0.15) is 38.7 Å². The maximum atomic E-state index is 10.4. The normalized spacial score (nSPS) is 25.2. The third-order valence-corrected chi connectivity index (χ3v) is 6.30. The van der Waals surface area contributed by atoms with Crippen molar-refractivity contribution in [3.63, 3.8) is 0 Å². The highest BCUT2D eigenvalue weighted by atomic mass is 79.9. The summed E-state index contributed by atoms with van der Waals surface area (Å²) in [6.07, 6.45) is -0.329. The molecular formula is C12H17BrOS. The van der Waals surface area contributed by atoms with Gasteiger partial charge in [0.2, 0.25) is 0 Å². The fourth-order valence-corrected chi connectivity index (χ4v) is 4.33. The van der Waals surface area contributed by atoms with Crippen molar-refractivity contribution >= 4 is 27.3 Å². The molecule has 1 N–H and O–H groups in total. The quantitative estimate of drug-likeness (QED) is 0.864. The molecule has 1 atom stereocenters. The molecule has 0 amide bonds. The first-order valence-electron chi connectivity index (χ1n) is 5.21. The van der Waals surface area contributed by atoms with E-state index in [2.05, 4.69) is 43.6 Å². The molecule has 1 aliphatic carbocycles. The highest BCUT2D eigenvalue weighted by Gasteiger charge is 2.67.